The van der Waals surface area contributed by atoms with Gasteiger partial charge in [0.2, 0.25) is 0 Å². The zero-order valence-electron chi connectivity index (χ0n) is 19.0. The number of rotatable bonds is 3. The van der Waals surface area contributed by atoms with Gasteiger partial charge >= 0.3 is 12.2 Å². The number of carbonyl (C=O) groups excluding carboxylic acids is 1. The number of anilines is 1. The van der Waals surface area contributed by atoms with E-state index in [0.717, 1.165) is 29.4 Å². The Morgan fingerprint density at radius 1 is 1.26 bits per heavy atom. The molecule has 1 saturated heterocycles. The van der Waals surface area contributed by atoms with Crippen LogP contribution in [0.1, 0.15) is 41.9 Å². The van der Waals surface area contributed by atoms with Crippen molar-refractivity contribution in [3.05, 3.63) is 47.0 Å². The molecule has 180 valence electrons. The Balaban J connectivity index is 1.30. The lowest BCUT2D eigenvalue weighted by atomic mass is 9.76. The summed E-state index contributed by atoms with van der Waals surface area (Å²) in [6.45, 7) is 5.52. The van der Waals surface area contributed by atoms with Crippen LogP contribution in [0.3, 0.4) is 0 Å². The maximum atomic E-state index is 13.2. The number of nitrogens with zero attached hydrogens (tertiary/aromatic N) is 6. The van der Waals surface area contributed by atoms with Crippen LogP contribution in [0.5, 0.6) is 0 Å². The fourth-order valence-corrected chi connectivity index (χ4v) is 4.99. The fourth-order valence-electron chi connectivity index (χ4n) is 4.99. The fraction of sp³-hybridized carbons (Fsp3) is 0.455. The molecule has 12 heteroatoms. The lowest BCUT2D eigenvalue weighted by Gasteiger charge is -2.47. The van der Waals surface area contributed by atoms with Crippen molar-refractivity contribution in [2.75, 3.05) is 18.8 Å². The molecule has 0 saturated carbocycles. The Labute approximate surface area is 193 Å². The third-order valence-corrected chi connectivity index (χ3v) is 6.78. The summed E-state index contributed by atoms with van der Waals surface area (Å²) in [7, 11) is 1.84. The first-order chi connectivity index (χ1) is 16.0. The molecule has 1 fully saturated rings. The predicted octanol–water partition coefficient (Wildman–Crippen LogP) is 3.02. The van der Waals surface area contributed by atoms with Gasteiger partial charge in [-0.05, 0) is 32.4 Å². The minimum Gasteiger partial charge on any atom is -0.383 e. The summed E-state index contributed by atoms with van der Waals surface area (Å²) in [6.07, 6.45) is -0.572. The summed E-state index contributed by atoms with van der Waals surface area (Å²) in [5, 5.41) is 11.8. The molecule has 34 heavy (non-hydrogen) atoms. The maximum Gasteiger partial charge on any atom is 0.419 e. The molecular formula is C22H25F3N8O. The quantitative estimate of drug-likeness (QED) is 0.607. The number of pyridine rings is 1. The number of hydrogen-bond donors (Lipinski definition) is 2. The molecule has 2 amide bonds. The van der Waals surface area contributed by atoms with Crippen LogP contribution in [0.4, 0.5) is 23.8 Å². The number of amides is 2. The number of fused-ring (bicyclic) bond motifs is 2. The van der Waals surface area contributed by atoms with E-state index in [0.29, 0.717) is 25.3 Å². The molecule has 3 aromatic rings. The highest BCUT2D eigenvalue weighted by Crippen LogP contribution is 2.44. The Morgan fingerprint density at radius 2 is 2.00 bits per heavy atom. The Morgan fingerprint density at radius 3 is 2.65 bits per heavy atom. The number of nitrogen functional groups attached to an aromatic ring is 1. The summed E-state index contributed by atoms with van der Waals surface area (Å²) in [6, 6.07) is 2.45. The van der Waals surface area contributed by atoms with Crippen LogP contribution in [0.15, 0.2) is 24.5 Å². The van der Waals surface area contributed by atoms with Crippen LogP contribution >= 0.6 is 0 Å². The molecule has 0 aliphatic carbocycles. The van der Waals surface area contributed by atoms with Crippen molar-refractivity contribution in [3.63, 3.8) is 0 Å². The Hall–Kier alpha value is -3.57. The van der Waals surface area contributed by atoms with Crippen LogP contribution in [-0.4, -0.2) is 48.6 Å². The summed E-state index contributed by atoms with van der Waals surface area (Å²) in [5.41, 5.74) is 7.63. The maximum absolute atomic E-state index is 13.2. The minimum atomic E-state index is -4.59. The van der Waals surface area contributed by atoms with Gasteiger partial charge < -0.3 is 16.0 Å². The molecule has 1 unspecified atom stereocenters. The highest BCUT2D eigenvalue weighted by atomic mass is 19.4. The number of nitrogens with one attached hydrogen (secondary N) is 1. The molecule has 9 nitrogen and oxygen atoms in total. The van der Waals surface area contributed by atoms with Crippen molar-refractivity contribution in [2.24, 2.45) is 7.05 Å². The van der Waals surface area contributed by atoms with Crippen LogP contribution in [0, 0.1) is 6.92 Å². The van der Waals surface area contributed by atoms with Crippen molar-refractivity contribution >= 4 is 11.8 Å². The Bertz CT molecular complexity index is 1270. The van der Waals surface area contributed by atoms with Crippen molar-refractivity contribution < 1.29 is 18.0 Å². The highest BCUT2D eigenvalue weighted by Gasteiger charge is 2.51. The molecule has 1 spiro atoms. The highest BCUT2D eigenvalue weighted by molar-refractivity contribution is 5.76. The van der Waals surface area contributed by atoms with E-state index >= 15 is 0 Å². The zero-order valence-corrected chi connectivity index (χ0v) is 19.0. The largest absolute Gasteiger partial charge is 0.419 e. The molecule has 5 rings (SSSR count). The van der Waals surface area contributed by atoms with Gasteiger partial charge in [0.05, 0.1) is 23.0 Å². The summed E-state index contributed by atoms with van der Waals surface area (Å²) in [5.74, 6) is -0.559. The Kier molecular flexibility index (Phi) is 4.88. The molecule has 2 aliphatic heterocycles. The zero-order chi connectivity index (χ0) is 24.4. The monoisotopic (exact) mass is 474 g/mol. The number of likely N-dealkylation sites (tertiary alicyclic amines) is 1. The van der Waals surface area contributed by atoms with Gasteiger partial charge in [0, 0.05) is 61.3 Å². The van der Waals surface area contributed by atoms with E-state index in [1.54, 1.807) is 15.6 Å². The van der Waals surface area contributed by atoms with Gasteiger partial charge in [-0.2, -0.15) is 23.4 Å². The van der Waals surface area contributed by atoms with E-state index in [1.807, 2.05) is 31.8 Å². The van der Waals surface area contributed by atoms with Gasteiger partial charge in [-0.3, -0.25) is 9.36 Å². The van der Waals surface area contributed by atoms with E-state index in [4.69, 9.17) is 5.73 Å². The standard InChI is InChI=1S/C22H25F3N8O/c1-12(15-9-31(3)29-13(15)2)28-20(34)32-10-21(11-32)4-5-33-18(21)7-17(30-33)14-6-16(22(23,24)25)19(26)27-8-14/h6-9,12H,4-5,10-11H2,1-3H3,(H2,26,27)(H,28,34). The number of alkyl halides is 3. The average molecular weight is 474 g/mol. The second-order valence-corrected chi connectivity index (χ2v) is 9.19. The first-order valence-electron chi connectivity index (χ1n) is 10.9. The number of urea groups is 1. The number of hydrogen-bond acceptors (Lipinski definition) is 5. The van der Waals surface area contributed by atoms with Crippen LogP contribution in [-0.2, 0) is 25.2 Å². The van der Waals surface area contributed by atoms with Crippen molar-refractivity contribution in [1.82, 2.24) is 34.8 Å². The minimum absolute atomic E-state index is 0.155. The number of aromatic nitrogens is 5. The lowest BCUT2D eigenvalue weighted by Crippen LogP contribution is -2.62. The molecule has 2 aliphatic rings. The third kappa shape index (κ3) is 3.57. The number of halogens is 3. The topological polar surface area (TPSA) is 107 Å². The lowest BCUT2D eigenvalue weighted by molar-refractivity contribution is -0.137. The summed E-state index contributed by atoms with van der Waals surface area (Å²) < 4.78 is 43.3. The van der Waals surface area contributed by atoms with Gasteiger partial charge in [-0.25, -0.2) is 9.78 Å². The number of carbonyl (C=O) groups is 1. The number of nitrogens with two attached hydrogens (primary N) is 1. The van der Waals surface area contributed by atoms with E-state index in [9.17, 15) is 18.0 Å². The van der Waals surface area contributed by atoms with Gasteiger partial charge in [0.15, 0.2) is 0 Å². The first kappa shape index (κ1) is 22.2. The third-order valence-electron chi connectivity index (χ3n) is 6.78. The summed E-state index contributed by atoms with van der Waals surface area (Å²) in [4.78, 5) is 18.3. The van der Waals surface area contributed by atoms with E-state index < -0.39 is 17.6 Å². The second-order valence-electron chi connectivity index (χ2n) is 9.19. The van der Waals surface area contributed by atoms with Gasteiger partial charge in [-0.1, -0.05) is 0 Å². The molecule has 0 bridgehead atoms. The summed E-state index contributed by atoms with van der Waals surface area (Å²) >= 11 is 0. The second kappa shape index (κ2) is 7.47. The number of aryl methyl sites for hydroxylation is 3. The van der Waals surface area contributed by atoms with Crippen LogP contribution in [0.2, 0.25) is 0 Å². The molecule has 3 aromatic heterocycles. The molecule has 0 radical (unpaired) electrons. The van der Waals surface area contributed by atoms with Crippen LogP contribution in [0.25, 0.3) is 11.3 Å². The first-order valence-corrected chi connectivity index (χ1v) is 10.9. The SMILES string of the molecule is Cc1nn(C)cc1C(C)NC(=O)N1CC2(CCn3nc(-c4cnc(N)c(C(F)(F)F)c4)cc32)C1. The molecular weight excluding hydrogens is 449 g/mol. The van der Waals surface area contributed by atoms with E-state index in [-0.39, 0.29) is 23.1 Å². The van der Waals surface area contributed by atoms with E-state index in [2.05, 4.69) is 20.5 Å². The molecule has 3 N–H and O–H groups in total. The molecule has 0 aromatic carbocycles. The molecule has 5 heterocycles. The van der Waals surface area contributed by atoms with Crippen molar-refractivity contribution in [1.29, 1.82) is 0 Å². The van der Waals surface area contributed by atoms with Crippen molar-refractivity contribution in [2.45, 2.75) is 44.4 Å². The van der Waals surface area contributed by atoms with Gasteiger partial charge in [0.1, 0.15) is 5.82 Å². The van der Waals surface area contributed by atoms with E-state index in [1.165, 1.54) is 6.20 Å². The predicted molar refractivity (Wildman–Crippen MR) is 118 cm³/mol. The molecule has 1 atom stereocenters. The van der Waals surface area contributed by atoms with Gasteiger partial charge in [-0.15, -0.1) is 0 Å². The van der Waals surface area contributed by atoms with Gasteiger partial charge in [0.25, 0.3) is 0 Å². The smallest absolute Gasteiger partial charge is 0.383 e. The van der Waals surface area contributed by atoms with Crippen molar-refractivity contribution in [3.8, 4) is 11.3 Å². The normalized spacial score (nSPS) is 17.5. The van der Waals surface area contributed by atoms with Crippen LogP contribution < -0.4 is 11.1 Å². The average Bonchev–Trinajstić information content (AvgIpc) is 3.38.